The smallest absolute Gasteiger partial charge is 0.308 e. The van der Waals surface area contributed by atoms with Crippen molar-refractivity contribution in [3.05, 3.63) is 23.8 Å². The number of cyclic esters (lactones) is 1. The second kappa shape index (κ2) is 23.3. The molecule has 0 aromatic heterocycles. The van der Waals surface area contributed by atoms with Gasteiger partial charge in [-0.25, -0.2) is 0 Å². The Labute approximate surface area is 367 Å². The maximum Gasteiger partial charge on any atom is 0.308 e. The zero-order chi connectivity index (χ0) is 46.2. The number of allylic oxidation sites excluding steroid dienone is 3. The minimum Gasteiger partial charge on any atom is -0.462 e. The Kier molecular flexibility index (Phi) is 19.7. The lowest BCUT2D eigenvalue weighted by Gasteiger charge is -2.50. The third kappa shape index (κ3) is 13.4. The van der Waals surface area contributed by atoms with E-state index in [0.717, 1.165) is 6.29 Å². The third-order valence-electron chi connectivity index (χ3n) is 13.1. The number of hydrogen-bond acceptors (Lipinski definition) is 17. The first-order valence-electron chi connectivity index (χ1n) is 22.2. The van der Waals surface area contributed by atoms with Crippen molar-refractivity contribution in [3.63, 3.8) is 0 Å². The van der Waals surface area contributed by atoms with Crippen molar-refractivity contribution in [2.75, 3.05) is 27.8 Å². The van der Waals surface area contributed by atoms with Crippen LogP contribution in [0.25, 0.3) is 0 Å². The molecule has 4 aliphatic heterocycles. The van der Waals surface area contributed by atoms with Crippen molar-refractivity contribution in [2.24, 2.45) is 23.7 Å². The minimum atomic E-state index is -1.48. The number of esters is 1. The van der Waals surface area contributed by atoms with Crippen molar-refractivity contribution in [3.8, 4) is 0 Å². The topological polar surface area (TPSA) is 229 Å². The summed E-state index contributed by atoms with van der Waals surface area (Å²) >= 11 is 0. The van der Waals surface area contributed by atoms with E-state index in [1.54, 1.807) is 59.7 Å². The van der Waals surface area contributed by atoms with Crippen LogP contribution in [0.1, 0.15) is 93.9 Å². The predicted octanol–water partition coefficient (Wildman–Crippen LogP) is 2.21. The van der Waals surface area contributed by atoms with E-state index in [2.05, 4.69) is 0 Å². The van der Waals surface area contributed by atoms with Gasteiger partial charge in [0, 0.05) is 44.1 Å². The molecule has 0 aromatic carbocycles. The zero-order valence-electron chi connectivity index (χ0n) is 38.4. The number of aliphatic hydroxyl groups is 5. The number of aldehydes is 1. The highest BCUT2D eigenvalue weighted by molar-refractivity contribution is 5.91. The number of likely N-dealkylation sites (N-methyl/N-ethyl adjacent to an activating group) is 1. The Morgan fingerprint density at radius 3 is 2.19 bits per heavy atom. The van der Waals surface area contributed by atoms with Crippen LogP contribution in [-0.4, -0.2) is 174 Å². The summed E-state index contributed by atoms with van der Waals surface area (Å²) < 4.78 is 48.8. The van der Waals surface area contributed by atoms with Crippen LogP contribution < -0.4 is 0 Å². The molecule has 4 rings (SSSR count). The molecule has 0 amide bonds. The Bertz CT molecular complexity index is 1510. The third-order valence-corrected chi connectivity index (χ3v) is 13.1. The van der Waals surface area contributed by atoms with E-state index >= 15 is 0 Å². The normalized spacial score (nSPS) is 44.5. The average Bonchev–Trinajstić information content (AvgIpc) is 3.20. The van der Waals surface area contributed by atoms with Gasteiger partial charge in [0.2, 0.25) is 0 Å². The quantitative estimate of drug-likeness (QED) is 0.140. The molecule has 0 radical (unpaired) electrons. The van der Waals surface area contributed by atoms with Gasteiger partial charge in [-0.05, 0) is 73.5 Å². The van der Waals surface area contributed by atoms with Gasteiger partial charge in [-0.1, -0.05) is 38.5 Å². The van der Waals surface area contributed by atoms with E-state index < -0.39 is 134 Å². The number of carbonyl (C=O) groups excluding carboxylic acids is 3. The molecule has 0 saturated carbocycles. The van der Waals surface area contributed by atoms with Gasteiger partial charge in [0.05, 0.1) is 61.3 Å². The van der Waals surface area contributed by atoms with E-state index in [1.807, 2.05) is 19.9 Å². The molecular formula is C45H75NO16. The number of hydrogen-bond donors (Lipinski definition) is 5. The number of carbonyl (C=O) groups is 3. The molecule has 0 aromatic rings. The first-order chi connectivity index (χ1) is 29.1. The molecule has 4 aliphatic rings. The van der Waals surface area contributed by atoms with Crippen LogP contribution in [0.5, 0.6) is 0 Å². The number of ketones is 1. The Morgan fingerprint density at radius 1 is 0.903 bits per heavy atom. The molecule has 20 unspecified atom stereocenters. The molecule has 0 bridgehead atoms. The molecule has 17 nitrogen and oxygen atoms in total. The van der Waals surface area contributed by atoms with E-state index in [9.17, 15) is 39.9 Å². The summed E-state index contributed by atoms with van der Waals surface area (Å²) in [4.78, 5) is 41.4. The summed E-state index contributed by atoms with van der Waals surface area (Å²) in [6.07, 6.45) is -6.42. The van der Waals surface area contributed by atoms with Gasteiger partial charge in [0.1, 0.15) is 36.8 Å². The highest BCUT2D eigenvalue weighted by atomic mass is 16.7. The lowest BCUT2D eigenvalue weighted by molar-refractivity contribution is -0.341. The molecule has 20 atom stereocenters. The predicted molar refractivity (Wildman–Crippen MR) is 224 cm³/mol. The maximum absolute atomic E-state index is 13.7. The van der Waals surface area contributed by atoms with Crippen LogP contribution in [0.4, 0.5) is 0 Å². The molecule has 5 N–H and O–H groups in total. The average molecular weight is 886 g/mol. The zero-order valence-corrected chi connectivity index (χ0v) is 38.4. The Morgan fingerprint density at radius 2 is 1.58 bits per heavy atom. The summed E-state index contributed by atoms with van der Waals surface area (Å²) in [5.74, 6) is -3.43. The second-order valence-corrected chi connectivity index (χ2v) is 18.4. The van der Waals surface area contributed by atoms with Crippen LogP contribution in [0.15, 0.2) is 23.8 Å². The maximum atomic E-state index is 13.7. The van der Waals surface area contributed by atoms with Crippen LogP contribution >= 0.6 is 0 Å². The van der Waals surface area contributed by atoms with E-state index in [0.29, 0.717) is 12.0 Å². The molecular weight excluding hydrogens is 810 g/mol. The van der Waals surface area contributed by atoms with E-state index in [1.165, 1.54) is 20.1 Å². The molecule has 62 heavy (non-hydrogen) atoms. The van der Waals surface area contributed by atoms with Gasteiger partial charge in [0.15, 0.2) is 24.7 Å². The summed E-state index contributed by atoms with van der Waals surface area (Å²) in [5.41, 5.74) is -0.771. The Balaban J connectivity index is 1.60. The number of methoxy groups -OCH3 is 1. The van der Waals surface area contributed by atoms with Crippen molar-refractivity contribution in [1.29, 1.82) is 0 Å². The van der Waals surface area contributed by atoms with Gasteiger partial charge >= 0.3 is 5.97 Å². The first kappa shape index (κ1) is 52.4. The molecule has 4 heterocycles. The fourth-order valence-corrected chi connectivity index (χ4v) is 9.23. The summed E-state index contributed by atoms with van der Waals surface area (Å²) in [5, 5.41) is 55.5. The van der Waals surface area contributed by atoms with Gasteiger partial charge in [-0.3, -0.25) is 9.59 Å². The highest BCUT2D eigenvalue weighted by Gasteiger charge is 2.51. The first-order valence-corrected chi connectivity index (χ1v) is 22.2. The molecule has 3 saturated heterocycles. The van der Waals surface area contributed by atoms with Gasteiger partial charge in [-0.15, -0.1) is 0 Å². The monoisotopic (exact) mass is 886 g/mol. The molecule has 356 valence electrons. The lowest BCUT2D eigenvalue weighted by Crippen LogP contribution is -2.65. The van der Waals surface area contributed by atoms with Crippen LogP contribution in [0.2, 0.25) is 0 Å². The van der Waals surface area contributed by atoms with Crippen molar-refractivity contribution >= 4 is 18.0 Å². The van der Waals surface area contributed by atoms with Crippen LogP contribution in [0, 0.1) is 23.7 Å². The fourth-order valence-electron chi connectivity index (χ4n) is 9.23. The van der Waals surface area contributed by atoms with Crippen LogP contribution in [-0.2, 0) is 52.3 Å². The lowest BCUT2D eigenvalue weighted by atomic mass is 9.79. The number of aliphatic hydroxyl groups excluding tert-OH is 4. The standard InChI is InChI=1S/C45H75NO16/c1-12-33-30(22-56-36-20-34(55-11)39(51)26(5)57-36)17-23(2)13-14-31(48)24(3)18-29(15-16-47)41(25(4)32(49)19-35(50)60-33)62-44-40(52)38(46(9)10)42(27(6)59-44)61-37-21-45(8,54)43(53)28(7)58-37/h13-14,16-17,24-30,32-34,36-44,49,51-54H,12,15,18-22H2,1-11H3. The number of ether oxygens (including phenoxy) is 8. The number of nitrogens with zero attached hydrogens (tertiary/aromatic N) is 1. The molecule has 3 fully saturated rings. The summed E-state index contributed by atoms with van der Waals surface area (Å²) in [7, 11) is 5.03. The number of rotatable bonds is 12. The van der Waals surface area contributed by atoms with Crippen molar-refractivity contribution in [1.82, 2.24) is 4.90 Å². The summed E-state index contributed by atoms with van der Waals surface area (Å²) in [6.45, 7) is 13.8. The molecule has 17 heteroatoms. The SMILES string of the molecule is CCC1OC(=O)CC(O)C(C)C(OC2OC(C)C(OC3CC(C)(O)C(O)C(C)O3)C(N(C)C)C2O)C(CC=O)CC(C)C(=O)C=CC(C)=CC1COC1CC(OC)C(O)C(C)O1. The minimum absolute atomic E-state index is 0.0314. The Hall–Kier alpha value is -2.23. The summed E-state index contributed by atoms with van der Waals surface area (Å²) in [6, 6.07) is -0.740. The largest absolute Gasteiger partial charge is 0.462 e. The van der Waals surface area contributed by atoms with Gasteiger partial charge < -0.3 is 73.1 Å². The van der Waals surface area contributed by atoms with Crippen LogP contribution in [0.3, 0.4) is 0 Å². The van der Waals surface area contributed by atoms with Gasteiger partial charge in [0.25, 0.3) is 0 Å². The van der Waals surface area contributed by atoms with E-state index in [4.69, 9.17) is 37.9 Å². The van der Waals surface area contributed by atoms with Gasteiger partial charge in [-0.2, -0.15) is 0 Å². The second-order valence-electron chi connectivity index (χ2n) is 18.4. The highest BCUT2D eigenvalue weighted by Crippen LogP contribution is 2.37. The van der Waals surface area contributed by atoms with E-state index in [-0.39, 0.29) is 38.1 Å². The van der Waals surface area contributed by atoms with Crippen molar-refractivity contribution < 1.29 is 77.8 Å². The fraction of sp³-hybridized carbons (Fsp3) is 0.844. The van der Waals surface area contributed by atoms with Crippen molar-refractivity contribution in [2.45, 2.75) is 192 Å². The molecule has 0 spiro atoms. The molecule has 0 aliphatic carbocycles.